The van der Waals surface area contributed by atoms with Gasteiger partial charge in [0.15, 0.2) is 0 Å². The second kappa shape index (κ2) is 17.1. The van der Waals surface area contributed by atoms with Gasteiger partial charge in [-0.2, -0.15) is 15.0 Å². The van der Waals surface area contributed by atoms with E-state index < -0.39 is 0 Å². The van der Waals surface area contributed by atoms with Gasteiger partial charge < -0.3 is 36.4 Å². The Kier molecular flexibility index (Phi) is 14.1. The van der Waals surface area contributed by atoms with Crippen molar-refractivity contribution in [2.75, 3.05) is 35.5 Å². The predicted molar refractivity (Wildman–Crippen MR) is 264 cm³/mol. The highest BCUT2D eigenvalue weighted by molar-refractivity contribution is 5.48. The molecule has 5 heterocycles. The summed E-state index contributed by atoms with van der Waals surface area (Å²) < 4.78 is 0. The van der Waals surface area contributed by atoms with Crippen LogP contribution in [-0.4, -0.2) is 114 Å². The van der Waals surface area contributed by atoms with E-state index in [-0.39, 0.29) is 67.3 Å². The van der Waals surface area contributed by atoms with Crippen molar-refractivity contribution in [3.8, 4) is 0 Å². The molecule has 0 saturated carbocycles. The summed E-state index contributed by atoms with van der Waals surface area (Å²) in [5.41, 5.74) is -0.273. The maximum atomic E-state index is 5.71. The number of hydrogen-bond acceptors (Lipinski definition) is 12. The summed E-state index contributed by atoms with van der Waals surface area (Å²) in [6, 6.07) is 1.15. The van der Waals surface area contributed by atoms with Crippen molar-refractivity contribution in [2.24, 2.45) is 5.41 Å². The van der Waals surface area contributed by atoms with Crippen molar-refractivity contribution in [1.29, 1.82) is 0 Å². The summed E-state index contributed by atoms with van der Waals surface area (Å²) >= 11 is 0. The summed E-state index contributed by atoms with van der Waals surface area (Å²) in [4.78, 5) is 24.4. The first-order valence-corrected chi connectivity index (χ1v) is 24.4. The van der Waals surface area contributed by atoms with E-state index in [0.717, 1.165) is 76.4 Å². The Balaban J connectivity index is 1.68. The van der Waals surface area contributed by atoms with E-state index in [4.69, 9.17) is 15.0 Å². The largest absolute Gasteiger partial charge is 0.349 e. The van der Waals surface area contributed by atoms with Crippen molar-refractivity contribution < 1.29 is 0 Å². The highest BCUT2D eigenvalue weighted by Gasteiger charge is 2.46. The first kappa shape index (κ1) is 51.2. The molecule has 0 unspecified atom stereocenters. The van der Waals surface area contributed by atoms with E-state index in [0.29, 0.717) is 24.7 Å². The molecule has 5 rings (SSSR count). The Hall–Kier alpha value is -1.83. The van der Waals surface area contributed by atoms with Crippen LogP contribution in [0.5, 0.6) is 0 Å². The lowest BCUT2D eigenvalue weighted by Crippen LogP contribution is -2.65. The number of piperidine rings is 4. The van der Waals surface area contributed by atoms with E-state index in [1.807, 2.05) is 0 Å². The fourth-order valence-electron chi connectivity index (χ4n) is 13.7. The molecule has 0 radical (unpaired) electrons. The molecule has 4 aliphatic rings. The Morgan fingerprint density at radius 1 is 0.500 bits per heavy atom. The molecule has 4 saturated heterocycles. The van der Waals surface area contributed by atoms with Gasteiger partial charge in [0.1, 0.15) is 0 Å². The van der Waals surface area contributed by atoms with Crippen LogP contribution in [-0.2, 0) is 0 Å². The van der Waals surface area contributed by atoms with Crippen molar-refractivity contribution in [3.05, 3.63) is 0 Å². The molecule has 62 heavy (non-hydrogen) atoms. The molecule has 358 valence electrons. The second-order valence-electron chi connectivity index (χ2n) is 28.1. The number of hydrogen-bond donors (Lipinski definition) is 6. The van der Waals surface area contributed by atoms with Gasteiger partial charge in [-0.05, 0) is 195 Å². The molecular formula is C50H98N12. The van der Waals surface area contributed by atoms with Crippen molar-refractivity contribution >= 4 is 17.8 Å². The van der Waals surface area contributed by atoms with E-state index >= 15 is 0 Å². The van der Waals surface area contributed by atoms with Crippen LogP contribution in [0, 0.1) is 5.41 Å². The van der Waals surface area contributed by atoms with Gasteiger partial charge >= 0.3 is 0 Å². The second-order valence-corrected chi connectivity index (χ2v) is 28.1. The van der Waals surface area contributed by atoms with Crippen LogP contribution in [0.15, 0.2) is 0 Å². The molecule has 6 N–H and O–H groups in total. The number of nitrogens with zero attached hydrogens (tertiary/aromatic N) is 6. The van der Waals surface area contributed by atoms with Crippen LogP contribution >= 0.6 is 0 Å². The van der Waals surface area contributed by atoms with Gasteiger partial charge in [-0.1, -0.05) is 20.8 Å². The molecule has 12 heteroatoms. The lowest BCUT2D eigenvalue weighted by atomic mass is 9.78. The molecule has 12 nitrogen and oxygen atoms in total. The smallest absolute Gasteiger partial charge is 0.233 e. The van der Waals surface area contributed by atoms with E-state index in [9.17, 15) is 0 Å². The molecule has 0 bridgehead atoms. The standard InChI is InChI=1S/C50H98N12/c1-41(2,3)31-50(20,21)55-38-52-39(61(36-27-46(12,13)58-47(14,15)28-36)32-51-34-23-42(4,5)56-43(6,7)24-34)54-40(53-38)62(37-29-48(16,17)59-49(18,19)30-37)33-60(22)35-25-44(8,9)57-45(10,11)26-35/h34-37,51,56-59H,23-33H2,1-22H3,(H,52,53,54,55). The molecule has 0 aliphatic carbocycles. The van der Waals surface area contributed by atoms with E-state index in [1.54, 1.807) is 0 Å². The molecular weight excluding hydrogens is 769 g/mol. The zero-order valence-corrected chi connectivity index (χ0v) is 44.3. The number of aromatic nitrogens is 3. The molecule has 0 amide bonds. The minimum absolute atomic E-state index is 0.0286. The molecule has 0 atom stereocenters. The highest BCUT2D eigenvalue weighted by Crippen LogP contribution is 2.39. The predicted octanol–water partition coefficient (Wildman–Crippen LogP) is 8.78. The lowest BCUT2D eigenvalue weighted by Gasteiger charge is -2.52. The molecule has 4 fully saturated rings. The summed E-state index contributed by atoms with van der Waals surface area (Å²) in [6.07, 6.45) is 9.13. The maximum Gasteiger partial charge on any atom is 0.233 e. The van der Waals surface area contributed by atoms with E-state index in [2.05, 4.69) is 199 Å². The average Bonchev–Trinajstić information content (AvgIpc) is 2.96. The third-order valence-electron chi connectivity index (χ3n) is 13.7. The van der Waals surface area contributed by atoms with Crippen molar-refractivity contribution in [2.45, 2.75) is 277 Å². The van der Waals surface area contributed by atoms with Gasteiger partial charge in [-0.15, -0.1) is 0 Å². The quantitative estimate of drug-likeness (QED) is 0.106. The molecule has 0 aromatic carbocycles. The third kappa shape index (κ3) is 14.6. The number of nitrogens with one attached hydrogen (secondary N) is 6. The fraction of sp³-hybridized carbons (Fsp3) is 0.940. The monoisotopic (exact) mass is 867 g/mol. The Bertz CT molecular complexity index is 1620. The fourth-order valence-corrected chi connectivity index (χ4v) is 13.7. The van der Waals surface area contributed by atoms with Gasteiger partial charge in [-0.3, -0.25) is 10.2 Å². The summed E-state index contributed by atoms with van der Waals surface area (Å²) in [5, 5.41) is 23.8. The van der Waals surface area contributed by atoms with Crippen LogP contribution in [0.3, 0.4) is 0 Å². The first-order chi connectivity index (χ1) is 27.7. The van der Waals surface area contributed by atoms with Crippen LogP contribution < -0.4 is 41.7 Å². The number of anilines is 3. The van der Waals surface area contributed by atoms with Crippen LogP contribution in [0.4, 0.5) is 17.8 Å². The average molecular weight is 867 g/mol. The molecule has 1 aromatic rings. The van der Waals surface area contributed by atoms with Crippen molar-refractivity contribution in [1.82, 2.24) is 46.4 Å². The Labute approximate surface area is 381 Å². The topological polar surface area (TPSA) is 121 Å². The molecule has 1 aromatic heterocycles. The van der Waals surface area contributed by atoms with E-state index in [1.165, 1.54) is 0 Å². The van der Waals surface area contributed by atoms with Crippen molar-refractivity contribution in [3.63, 3.8) is 0 Å². The summed E-state index contributed by atoms with van der Waals surface area (Å²) in [5.74, 6) is 2.18. The maximum absolute atomic E-state index is 5.71. The minimum Gasteiger partial charge on any atom is -0.349 e. The van der Waals surface area contributed by atoms with Gasteiger partial charge in [0.25, 0.3) is 0 Å². The zero-order chi connectivity index (χ0) is 46.9. The van der Waals surface area contributed by atoms with Crippen LogP contribution in [0.25, 0.3) is 0 Å². The normalized spacial score (nSPS) is 26.3. The van der Waals surface area contributed by atoms with Gasteiger partial charge in [0.2, 0.25) is 17.8 Å². The van der Waals surface area contributed by atoms with Gasteiger partial charge in [0.05, 0.1) is 13.3 Å². The van der Waals surface area contributed by atoms with Crippen LogP contribution in [0.2, 0.25) is 0 Å². The Morgan fingerprint density at radius 3 is 1.23 bits per heavy atom. The third-order valence-corrected chi connectivity index (χ3v) is 13.7. The van der Waals surface area contributed by atoms with Gasteiger partial charge in [-0.25, -0.2) is 0 Å². The van der Waals surface area contributed by atoms with Crippen LogP contribution in [0.1, 0.15) is 203 Å². The highest BCUT2D eigenvalue weighted by atomic mass is 15.4. The Morgan fingerprint density at radius 2 is 0.839 bits per heavy atom. The lowest BCUT2D eigenvalue weighted by molar-refractivity contribution is 0.0757. The molecule has 4 aliphatic heterocycles. The van der Waals surface area contributed by atoms with Gasteiger partial charge in [0, 0.05) is 74.0 Å². The zero-order valence-electron chi connectivity index (χ0n) is 44.3. The minimum atomic E-state index is -0.255. The molecule has 0 spiro atoms. The SMILES string of the molecule is CN(CN(c1nc(NC(C)(C)CC(C)(C)C)nc(N(CNC2CC(C)(C)NC(C)(C)C2)C2CC(C)(C)NC(C)(C)C2)n1)C1CC(C)(C)NC(C)(C)C1)C1CC(C)(C)NC(C)(C)C1. The summed E-state index contributed by atoms with van der Waals surface area (Å²) in [6.45, 7) is 50.6. The summed E-state index contributed by atoms with van der Waals surface area (Å²) in [7, 11) is 2.33. The first-order valence-electron chi connectivity index (χ1n) is 24.4. The number of rotatable bonds is 13.